The van der Waals surface area contributed by atoms with E-state index in [0.29, 0.717) is 19.1 Å². The molecule has 0 radical (unpaired) electrons. The fourth-order valence-electron chi connectivity index (χ4n) is 1.48. The molecular weight excluding hydrogens is 230 g/mol. The maximum Gasteiger partial charge on any atom is 0.221 e. The second kappa shape index (κ2) is 7.87. The molecule has 0 bridgehead atoms. The summed E-state index contributed by atoms with van der Waals surface area (Å²) in [5, 5.41) is 3.31. The van der Waals surface area contributed by atoms with Gasteiger partial charge in [0.25, 0.3) is 0 Å². The van der Waals surface area contributed by atoms with Crippen LogP contribution in [0.1, 0.15) is 31.7 Å². The first-order chi connectivity index (χ1) is 8.72. The summed E-state index contributed by atoms with van der Waals surface area (Å²) in [6.45, 7) is 8.10. The molecule has 1 N–H and O–H groups in total. The maximum absolute atomic E-state index is 5.62. The van der Waals surface area contributed by atoms with Gasteiger partial charge in [-0.05, 0) is 13.3 Å². The molecule has 0 saturated carbocycles. The van der Waals surface area contributed by atoms with Gasteiger partial charge in [-0.3, -0.25) is 0 Å². The van der Waals surface area contributed by atoms with Gasteiger partial charge in [0.15, 0.2) is 0 Å². The lowest BCUT2D eigenvalue weighted by Crippen LogP contribution is -2.12. The van der Waals surface area contributed by atoms with E-state index in [9.17, 15) is 0 Å². The van der Waals surface area contributed by atoms with Crippen LogP contribution in [-0.4, -0.2) is 36.8 Å². The first-order valence-corrected chi connectivity index (χ1v) is 6.46. The molecule has 102 valence electrons. The smallest absolute Gasteiger partial charge is 0.221 e. The van der Waals surface area contributed by atoms with E-state index in [1.165, 1.54) is 0 Å². The van der Waals surface area contributed by atoms with Gasteiger partial charge in [-0.1, -0.05) is 13.8 Å². The number of aryl methyl sites for hydroxylation is 1. The average Bonchev–Trinajstić information content (AvgIpc) is 2.39. The summed E-state index contributed by atoms with van der Waals surface area (Å²) < 4.78 is 10.6. The SMILES string of the molecule is CCCNc1nc(CC)nc(OCCOC)c1C. The largest absolute Gasteiger partial charge is 0.475 e. The molecule has 0 atom stereocenters. The predicted molar refractivity (Wildman–Crippen MR) is 72.3 cm³/mol. The Bertz CT molecular complexity index is 369. The number of nitrogens with zero attached hydrogens (tertiary/aromatic N) is 2. The number of rotatable bonds is 8. The van der Waals surface area contributed by atoms with Gasteiger partial charge in [-0.25, -0.2) is 4.98 Å². The minimum absolute atomic E-state index is 0.505. The molecule has 5 nitrogen and oxygen atoms in total. The number of methoxy groups -OCH3 is 1. The molecule has 0 amide bonds. The lowest BCUT2D eigenvalue weighted by molar-refractivity contribution is 0.143. The topological polar surface area (TPSA) is 56.3 Å². The number of nitrogens with one attached hydrogen (secondary N) is 1. The molecule has 1 rings (SSSR count). The molecule has 0 aliphatic carbocycles. The molecule has 0 aromatic carbocycles. The van der Waals surface area contributed by atoms with Crippen molar-refractivity contribution in [2.45, 2.75) is 33.6 Å². The molecule has 0 spiro atoms. The Labute approximate surface area is 109 Å². The minimum Gasteiger partial charge on any atom is -0.475 e. The van der Waals surface area contributed by atoms with Crippen LogP contribution in [0.2, 0.25) is 0 Å². The summed E-state index contributed by atoms with van der Waals surface area (Å²) in [6, 6.07) is 0. The molecule has 0 saturated heterocycles. The summed E-state index contributed by atoms with van der Waals surface area (Å²) in [4.78, 5) is 8.89. The number of ether oxygens (including phenoxy) is 2. The third-order valence-electron chi connectivity index (χ3n) is 2.53. The molecule has 18 heavy (non-hydrogen) atoms. The van der Waals surface area contributed by atoms with Crippen molar-refractivity contribution >= 4 is 5.82 Å². The Morgan fingerprint density at radius 3 is 2.56 bits per heavy atom. The van der Waals surface area contributed by atoms with Gasteiger partial charge in [0.1, 0.15) is 18.2 Å². The zero-order valence-electron chi connectivity index (χ0n) is 11.7. The van der Waals surface area contributed by atoms with Crippen molar-refractivity contribution in [1.82, 2.24) is 9.97 Å². The number of anilines is 1. The van der Waals surface area contributed by atoms with Gasteiger partial charge in [-0.2, -0.15) is 4.98 Å². The summed E-state index contributed by atoms with van der Waals surface area (Å²) in [5.41, 5.74) is 0.955. The van der Waals surface area contributed by atoms with Crippen LogP contribution in [-0.2, 0) is 11.2 Å². The fraction of sp³-hybridized carbons (Fsp3) is 0.692. The first kappa shape index (κ1) is 14.7. The van der Waals surface area contributed by atoms with Gasteiger partial charge in [0.2, 0.25) is 5.88 Å². The molecule has 1 heterocycles. The van der Waals surface area contributed by atoms with Crippen LogP contribution in [0.3, 0.4) is 0 Å². The van der Waals surface area contributed by atoms with Crippen molar-refractivity contribution in [3.63, 3.8) is 0 Å². The molecule has 0 aliphatic heterocycles. The normalized spacial score (nSPS) is 10.4. The molecule has 1 aromatic heterocycles. The second-order valence-corrected chi connectivity index (χ2v) is 4.04. The highest BCUT2D eigenvalue weighted by Gasteiger charge is 2.10. The Balaban J connectivity index is 2.85. The van der Waals surface area contributed by atoms with Gasteiger partial charge in [-0.15, -0.1) is 0 Å². The minimum atomic E-state index is 0.505. The molecular formula is C13H23N3O2. The summed E-state index contributed by atoms with van der Waals surface area (Å²) in [7, 11) is 1.65. The third-order valence-corrected chi connectivity index (χ3v) is 2.53. The van der Waals surface area contributed by atoms with Gasteiger partial charge in [0.05, 0.1) is 12.2 Å². The van der Waals surface area contributed by atoms with Gasteiger partial charge in [0, 0.05) is 20.1 Å². The summed E-state index contributed by atoms with van der Waals surface area (Å²) in [6.07, 6.45) is 1.85. The van der Waals surface area contributed by atoms with E-state index in [1.807, 2.05) is 13.8 Å². The van der Waals surface area contributed by atoms with Crippen LogP contribution in [0, 0.1) is 6.92 Å². The van der Waals surface area contributed by atoms with E-state index in [1.54, 1.807) is 7.11 Å². The van der Waals surface area contributed by atoms with E-state index in [0.717, 1.165) is 36.6 Å². The average molecular weight is 253 g/mol. The summed E-state index contributed by atoms with van der Waals surface area (Å²) in [5.74, 6) is 2.32. The van der Waals surface area contributed by atoms with E-state index >= 15 is 0 Å². The van der Waals surface area contributed by atoms with Gasteiger partial charge >= 0.3 is 0 Å². The van der Waals surface area contributed by atoms with Crippen LogP contribution in [0.25, 0.3) is 0 Å². The lowest BCUT2D eigenvalue weighted by atomic mass is 10.3. The van der Waals surface area contributed by atoms with Gasteiger partial charge < -0.3 is 14.8 Å². The highest BCUT2D eigenvalue weighted by atomic mass is 16.5. The van der Waals surface area contributed by atoms with Crippen molar-refractivity contribution in [1.29, 1.82) is 0 Å². The van der Waals surface area contributed by atoms with E-state index in [-0.39, 0.29) is 0 Å². The van der Waals surface area contributed by atoms with Crippen LogP contribution in [0.5, 0.6) is 5.88 Å². The standard InChI is InChI=1S/C13H23N3O2/c1-5-7-14-12-10(3)13(18-9-8-17-4)16-11(6-2)15-12/h5-9H2,1-4H3,(H,14,15,16). The molecule has 5 heteroatoms. The van der Waals surface area contributed by atoms with Crippen LogP contribution < -0.4 is 10.1 Å². The zero-order valence-corrected chi connectivity index (χ0v) is 11.7. The lowest BCUT2D eigenvalue weighted by Gasteiger charge is -2.13. The molecule has 0 unspecified atom stereocenters. The molecule has 0 aliphatic rings. The molecule has 0 fully saturated rings. The Hall–Kier alpha value is -1.36. The Morgan fingerprint density at radius 2 is 1.94 bits per heavy atom. The highest BCUT2D eigenvalue weighted by Crippen LogP contribution is 2.22. The first-order valence-electron chi connectivity index (χ1n) is 6.46. The van der Waals surface area contributed by atoms with Crippen molar-refractivity contribution in [3.05, 3.63) is 11.4 Å². The second-order valence-electron chi connectivity index (χ2n) is 4.04. The van der Waals surface area contributed by atoms with E-state index in [2.05, 4.69) is 22.2 Å². The maximum atomic E-state index is 5.62. The highest BCUT2D eigenvalue weighted by molar-refractivity contribution is 5.48. The van der Waals surface area contributed by atoms with Crippen molar-refractivity contribution in [2.75, 3.05) is 32.2 Å². The van der Waals surface area contributed by atoms with Crippen molar-refractivity contribution < 1.29 is 9.47 Å². The van der Waals surface area contributed by atoms with Crippen molar-refractivity contribution in [2.24, 2.45) is 0 Å². The monoisotopic (exact) mass is 253 g/mol. The number of hydrogen-bond acceptors (Lipinski definition) is 5. The summed E-state index contributed by atoms with van der Waals surface area (Å²) >= 11 is 0. The predicted octanol–water partition coefficient (Wildman–Crippen LogP) is 2.19. The van der Waals surface area contributed by atoms with Crippen LogP contribution in [0.4, 0.5) is 5.82 Å². The van der Waals surface area contributed by atoms with Crippen molar-refractivity contribution in [3.8, 4) is 5.88 Å². The van der Waals surface area contributed by atoms with E-state index < -0.39 is 0 Å². The third kappa shape index (κ3) is 4.14. The Kier molecular flexibility index (Phi) is 6.43. The number of aromatic nitrogens is 2. The number of hydrogen-bond donors (Lipinski definition) is 1. The quantitative estimate of drug-likeness (QED) is 0.720. The Morgan fingerprint density at radius 1 is 1.17 bits per heavy atom. The van der Waals surface area contributed by atoms with Crippen LogP contribution >= 0.6 is 0 Å². The molecule has 1 aromatic rings. The fourth-order valence-corrected chi connectivity index (χ4v) is 1.48. The van der Waals surface area contributed by atoms with Crippen LogP contribution in [0.15, 0.2) is 0 Å². The van der Waals surface area contributed by atoms with E-state index in [4.69, 9.17) is 9.47 Å². The zero-order chi connectivity index (χ0) is 13.4.